The highest BCUT2D eigenvalue weighted by molar-refractivity contribution is 6.26. The van der Waals surface area contributed by atoms with E-state index in [1.165, 1.54) is 46.3 Å². The van der Waals surface area contributed by atoms with Crippen molar-refractivity contribution >= 4 is 39.9 Å². The van der Waals surface area contributed by atoms with E-state index in [-0.39, 0.29) is 34.5 Å². The van der Waals surface area contributed by atoms with Gasteiger partial charge in [0.2, 0.25) is 11.5 Å². The molecule has 0 bridgehead atoms. The molecule has 0 radical (unpaired) electrons. The number of rotatable bonds is 6. The number of Topliss-reactive ketones (excluding diaryl/α,β-unsaturated/α-hetero) is 1. The molecule has 2 aliphatic heterocycles. The Kier molecular flexibility index (Phi) is 5.89. The number of phenols is 1. The van der Waals surface area contributed by atoms with Gasteiger partial charge in [-0.2, -0.15) is 0 Å². The predicted molar refractivity (Wildman–Crippen MR) is 139 cm³/mol. The summed E-state index contributed by atoms with van der Waals surface area (Å²) in [5.41, 5.74) is 0.585. The standard InChI is InChI=1S/C27H29N3O8/c1-7-12-11-30(15-10-16(31)21-19(18(12)15)24(32)27(2,29-21)26(34)38-6)25(33)14-8-13-9-17(35-3)22(36-4)23(37-5)20(13)28-14/h8-10,12,28-29,31H,7,11H2,1-6H3/t12-,27-/m1/s1. The van der Waals surface area contributed by atoms with Crippen LogP contribution in [0, 0.1) is 0 Å². The third-order valence-corrected chi connectivity index (χ3v) is 7.47. The van der Waals surface area contributed by atoms with Gasteiger partial charge in [-0.25, -0.2) is 4.79 Å². The molecular formula is C27H29N3O8. The molecular weight excluding hydrogens is 494 g/mol. The van der Waals surface area contributed by atoms with Crippen LogP contribution < -0.4 is 24.4 Å². The van der Waals surface area contributed by atoms with Crippen LogP contribution in [-0.4, -0.2) is 68.3 Å². The van der Waals surface area contributed by atoms with E-state index in [2.05, 4.69) is 10.3 Å². The Balaban J connectivity index is 1.62. The maximum Gasteiger partial charge on any atom is 0.339 e. The minimum atomic E-state index is -1.68. The highest BCUT2D eigenvalue weighted by atomic mass is 16.5. The number of aromatic hydroxyl groups is 1. The van der Waals surface area contributed by atoms with E-state index in [0.29, 0.717) is 52.4 Å². The van der Waals surface area contributed by atoms with Crippen molar-refractivity contribution in [1.82, 2.24) is 4.98 Å². The molecule has 11 heteroatoms. The zero-order valence-electron chi connectivity index (χ0n) is 22.0. The number of H-pyrrole nitrogens is 1. The Bertz CT molecular complexity index is 1510. The SMILES string of the molecule is CC[C@@H]1CN(C(=O)c2cc3cc(OC)c(OC)c(OC)c3[nH]2)c2cc(O)c3c(c21)C(=O)[C@](C)(C(=O)OC)N3. The van der Waals surface area contributed by atoms with Crippen molar-refractivity contribution in [3.63, 3.8) is 0 Å². The Morgan fingerprint density at radius 2 is 1.82 bits per heavy atom. The first-order chi connectivity index (χ1) is 18.1. The first-order valence-electron chi connectivity index (χ1n) is 12.1. The average molecular weight is 524 g/mol. The van der Waals surface area contributed by atoms with Gasteiger partial charge in [-0.1, -0.05) is 6.92 Å². The number of ketones is 1. The molecule has 1 amide bonds. The van der Waals surface area contributed by atoms with Crippen molar-refractivity contribution < 1.29 is 38.4 Å². The summed E-state index contributed by atoms with van der Waals surface area (Å²) >= 11 is 0. The van der Waals surface area contributed by atoms with Gasteiger partial charge >= 0.3 is 5.97 Å². The molecule has 38 heavy (non-hydrogen) atoms. The van der Waals surface area contributed by atoms with Gasteiger partial charge in [0.05, 0.1) is 50.9 Å². The van der Waals surface area contributed by atoms with E-state index < -0.39 is 17.3 Å². The van der Waals surface area contributed by atoms with Crippen LogP contribution in [0.2, 0.25) is 0 Å². The summed E-state index contributed by atoms with van der Waals surface area (Å²) in [6.07, 6.45) is 0.630. The van der Waals surface area contributed by atoms with E-state index in [1.54, 1.807) is 12.1 Å². The number of aromatic nitrogens is 1. The number of anilines is 2. The van der Waals surface area contributed by atoms with Crippen LogP contribution in [0.25, 0.3) is 10.9 Å². The molecule has 2 aromatic carbocycles. The number of nitrogens with one attached hydrogen (secondary N) is 2. The van der Waals surface area contributed by atoms with Crippen molar-refractivity contribution in [2.75, 3.05) is 45.2 Å². The third-order valence-electron chi connectivity index (χ3n) is 7.47. The zero-order valence-corrected chi connectivity index (χ0v) is 22.0. The fourth-order valence-corrected chi connectivity index (χ4v) is 5.51. The molecule has 3 aromatic rings. The predicted octanol–water partition coefficient (Wildman–Crippen LogP) is 3.59. The number of carbonyl (C=O) groups is 3. The minimum Gasteiger partial charge on any atom is -0.506 e. The van der Waals surface area contributed by atoms with Crippen LogP contribution in [-0.2, 0) is 9.53 Å². The Hall–Kier alpha value is -4.41. The van der Waals surface area contributed by atoms with Gasteiger partial charge in [0.25, 0.3) is 5.91 Å². The molecule has 0 unspecified atom stereocenters. The number of nitrogens with zero attached hydrogens (tertiary/aromatic N) is 1. The van der Waals surface area contributed by atoms with E-state index in [9.17, 15) is 19.5 Å². The highest BCUT2D eigenvalue weighted by Crippen LogP contribution is 2.52. The molecule has 0 saturated carbocycles. The Labute approximate surface area is 218 Å². The normalized spacial score (nSPS) is 19.7. The lowest BCUT2D eigenvalue weighted by Gasteiger charge is -2.20. The number of carbonyl (C=O) groups excluding carboxylic acids is 3. The van der Waals surface area contributed by atoms with Gasteiger partial charge in [0.15, 0.2) is 17.0 Å². The van der Waals surface area contributed by atoms with Crippen LogP contribution in [0.1, 0.15) is 52.6 Å². The van der Waals surface area contributed by atoms with Crippen molar-refractivity contribution in [3.05, 3.63) is 35.0 Å². The first kappa shape index (κ1) is 25.2. The van der Waals surface area contributed by atoms with E-state index in [1.807, 2.05) is 6.92 Å². The second-order valence-electron chi connectivity index (χ2n) is 9.46. The van der Waals surface area contributed by atoms with E-state index >= 15 is 0 Å². The number of phenolic OH excluding ortho intramolecular Hbond substituents is 1. The molecule has 0 aliphatic carbocycles. The number of fused-ring (bicyclic) bond motifs is 4. The van der Waals surface area contributed by atoms with Gasteiger partial charge in [0, 0.05) is 23.9 Å². The smallest absolute Gasteiger partial charge is 0.339 e. The first-order valence-corrected chi connectivity index (χ1v) is 12.1. The van der Waals surface area contributed by atoms with Crippen LogP contribution in [0.5, 0.6) is 23.0 Å². The molecule has 2 aliphatic rings. The van der Waals surface area contributed by atoms with Crippen molar-refractivity contribution in [2.24, 2.45) is 0 Å². The minimum absolute atomic E-state index is 0.170. The number of methoxy groups -OCH3 is 4. The molecule has 11 nitrogen and oxygen atoms in total. The summed E-state index contributed by atoms with van der Waals surface area (Å²) in [7, 11) is 5.71. The summed E-state index contributed by atoms with van der Waals surface area (Å²) in [4.78, 5) is 44.5. The number of benzene rings is 2. The summed E-state index contributed by atoms with van der Waals surface area (Å²) in [5, 5.41) is 14.4. The lowest BCUT2D eigenvalue weighted by molar-refractivity contribution is -0.143. The molecule has 0 saturated heterocycles. The van der Waals surface area contributed by atoms with Gasteiger partial charge in [-0.15, -0.1) is 0 Å². The molecule has 3 N–H and O–H groups in total. The Morgan fingerprint density at radius 3 is 2.42 bits per heavy atom. The third kappa shape index (κ3) is 3.30. The quantitative estimate of drug-likeness (QED) is 0.251. The molecule has 1 aromatic heterocycles. The molecule has 2 atom stereocenters. The summed E-state index contributed by atoms with van der Waals surface area (Å²) < 4.78 is 21.3. The van der Waals surface area contributed by atoms with Crippen LogP contribution >= 0.6 is 0 Å². The summed E-state index contributed by atoms with van der Waals surface area (Å²) in [6.45, 7) is 3.68. The van der Waals surface area contributed by atoms with E-state index in [0.717, 1.165) is 0 Å². The van der Waals surface area contributed by atoms with Gasteiger partial charge in [-0.05, 0) is 31.0 Å². The second-order valence-corrected chi connectivity index (χ2v) is 9.46. The summed E-state index contributed by atoms with van der Waals surface area (Å²) in [6, 6.07) is 4.89. The fraction of sp³-hybridized carbons (Fsp3) is 0.370. The van der Waals surface area contributed by atoms with Crippen LogP contribution in [0.15, 0.2) is 18.2 Å². The lowest BCUT2D eigenvalue weighted by Crippen LogP contribution is -2.47. The number of aromatic amines is 1. The van der Waals surface area contributed by atoms with E-state index in [4.69, 9.17) is 18.9 Å². The van der Waals surface area contributed by atoms with Crippen LogP contribution in [0.3, 0.4) is 0 Å². The number of ether oxygens (including phenoxy) is 4. The molecule has 200 valence electrons. The lowest BCUT2D eigenvalue weighted by atomic mass is 9.87. The maximum absolute atomic E-state index is 13.9. The molecule has 5 rings (SSSR count). The largest absolute Gasteiger partial charge is 0.506 e. The van der Waals surface area contributed by atoms with Gasteiger partial charge < -0.3 is 39.3 Å². The Morgan fingerprint density at radius 1 is 1.11 bits per heavy atom. The second kappa shape index (κ2) is 8.86. The number of hydrogen-bond acceptors (Lipinski definition) is 9. The number of hydrogen-bond donors (Lipinski definition) is 3. The van der Waals surface area contributed by atoms with Gasteiger partial charge in [0.1, 0.15) is 11.4 Å². The van der Waals surface area contributed by atoms with Crippen LogP contribution in [0.4, 0.5) is 11.4 Å². The highest BCUT2D eigenvalue weighted by Gasteiger charge is 2.53. The monoisotopic (exact) mass is 523 g/mol. The maximum atomic E-state index is 13.9. The topological polar surface area (TPSA) is 139 Å². The number of amides is 1. The number of esters is 1. The molecule has 0 spiro atoms. The van der Waals surface area contributed by atoms with Crippen molar-refractivity contribution in [1.29, 1.82) is 0 Å². The molecule has 3 heterocycles. The van der Waals surface area contributed by atoms with Crippen molar-refractivity contribution in [3.8, 4) is 23.0 Å². The average Bonchev–Trinajstić information content (AvgIpc) is 3.59. The fourth-order valence-electron chi connectivity index (χ4n) is 5.51. The van der Waals surface area contributed by atoms with Crippen molar-refractivity contribution in [2.45, 2.75) is 31.7 Å². The summed E-state index contributed by atoms with van der Waals surface area (Å²) in [5.74, 6) is -0.809. The van der Waals surface area contributed by atoms with Gasteiger partial charge in [-0.3, -0.25) is 9.59 Å². The zero-order chi connectivity index (χ0) is 27.5. The molecule has 0 fully saturated rings.